The predicted molar refractivity (Wildman–Crippen MR) is 114 cm³/mol. The monoisotopic (exact) mass is 406 g/mol. The second kappa shape index (κ2) is 7.62. The van der Waals surface area contributed by atoms with Crippen molar-refractivity contribution in [3.8, 4) is 5.75 Å². The number of aromatic nitrogens is 3. The van der Waals surface area contributed by atoms with Crippen LogP contribution < -0.4 is 15.7 Å². The number of ether oxygens (including phenoxy) is 1. The lowest BCUT2D eigenvalue weighted by Crippen LogP contribution is -2.16. The smallest absolute Gasteiger partial charge is 0.339 e. The molecule has 4 rings (SSSR count). The van der Waals surface area contributed by atoms with Crippen LogP contribution in [0.5, 0.6) is 5.75 Å². The number of fused-ring (bicyclic) bond motifs is 2. The summed E-state index contributed by atoms with van der Waals surface area (Å²) in [5.41, 5.74) is 3.54. The number of rotatable bonds is 5. The lowest BCUT2D eigenvalue weighted by atomic mass is 10.0. The van der Waals surface area contributed by atoms with Crippen LogP contribution in [-0.4, -0.2) is 27.8 Å². The van der Waals surface area contributed by atoms with Crippen molar-refractivity contribution >= 4 is 33.6 Å². The summed E-state index contributed by atoms with van der Waals surface area (Å²) in [5.74, 6) is 0.415. The van der Waals surface area contributed by atoms with Crippen molar-refractivity contribution in [1.29, 1.82) is 0 Å². The first-order valence-electron chi connectivity index (χ1n) is 9.57. The van der Waals surface area contributed by atoms with Gasteiger partial charge >= 0.3 is 5.63 Å². The number of amides is 1. The van der Waals surface area contributed by atoms with Crippen LogP contribution in [0, 0.1) is 13.8 Å². The second-order valence-electron chi connectivity index (χ2n) is 7.21. The van der Waals surface area contributed by atoms with Gasteiger partial charge in [-0.2, -0.15) is 5.10 Å². The molecule has 4 aromatic rings. The van der Waals surface area contributed by atoms with Crippen LogP contribution >= 0.6 is 0 Å². The lowest BCUT2D eigenvalue weighted by molar-refractivity contribution is -0.116. The number of methoxy groups -OCH3 is 1. The molecule has 1 aromatic carbocycles. The van der Waals surface area contributed by atoms with Crippen molar-refractivity contribution in [2.24, 2.45) is 7.05 Å². The van der Waals surface area contributed by atoms with Crippen LogP contribution in [0.2, 0.25) is 0 Å². The summed E-state index contributed by atoms with van der Waals surface area (Å²) >= 11 is 0. The minimum absolute atomic E-state index is 0.150. The second-order valence-corrected chi connectivity index (χ2v) is 7.21. The molecule has 3 aromatic heterocycles. The molecule has 3 heterocycles. The highest BCUT2D eigenvalue weighted by atomic mass is 16.5. The van der Waals surface area contributed by atoms with Crippen molar-refractivity contribution in [3.63, 3.8) is 0 Å². The molecule has 30 heavy (non-hydrogen) atoms. The predicted octanol–water partition coefficient (Wildman–Crippen LogP) is 3.27. The Morgan fingerprint density at radius 2 is 2.03 bits per heavy atom. The molecule has 0 saturated heterocycles. The molecular formula is C22H22N4O4. The quantitative estimate of drug-likeness (QED) is 0.511. The molecule has 8 heteroatoms. The maximum absolute atomic E-state index is 12.5. The first kappa shape index (κ1) is 19.6. The highest BCUT2D eigenvalue weighted by molar-refractivity contribution is 5.93. The number of aryl methyl sites for hydroxylation is 3. The molecule has 0 bridgehead atoms. The van der Waals surface area contributed by atoms with Gasteiger partial charge < -0.3 is 14.5 Å². The van der Waals surface area contributed by atoms with Gasteiger partial charge in [0.2, 0.25) is 5.91 Å². The zero-order chi connectivity index (χ0) is 21.4. The number of nitrogens with zero attached hydrogens (tertiary/aromatic N) is 3. The van der Waals surface area contributed by atoms with Crippen molar-refractivity contribution in [2.75, 3.05) is 12.4 Å². The van der Waals surface area contributed by atoms with Crippen molar-refractivity contribution in [1.82, 2.24) is 14.8 Å². The minimum Gasteiger partial charge on any atom is -0.497 e. The van der Waals surface area contributed by atoms with E-state index in [1.807, 2.05) is 39.1 Å². The number of anilines is 1. The Morgan fingerprint density at radius 3 is 2.80 bits per heavy atom. The molecule has 0 saturated carbocycles. The van der Waals surface area contributed by atoms with Crippen LogP contribution in [0.25, 0.3) is 22.0 Å². The van der Waals surface area contributed by atoms with Gasteiger partial charge in [-0.1, -0.05) is 0 Å². The first-order valence-corrected chi connectivity index (χ1v) is 9.57. The van der Waals surface area contributed by atoms with Crippen molar-refractivity contribution in [3.05, 3.63) is 57.7 Å². The molecule has 0 atom stereocenters. The maximum Gasteiger partial charge on any atom is 0.339 e. The van der Waals surface area contributed by atoms with Crippen LogP contribution in [0.4, 0.5) is 5.69 Å². The zero-order valence-electron chi connectivity index (χ0n) is 17.3. The third-order valence-corrected chi connectivity index (χ3v) is 5.24. The summed E-state index contributed by atoms with van der Waals surface area (Å²) in [6, 6.07) is 7.21. The average Bonchev–Trinajstić information content (AvgIpc) is 3.00. The number of benzene rings is 1. The van der Waals surface area contributed by atoms with Gasteiger partial charge in [-0.05, 0) is 44.0 Å². The van der Waals surface area contributed by atoms with Crippen molar-refractivity contribution < 1.29 is 13.9 Å². The van der Waals surface area contributed by atoms with E-state index in [0.29, 0.717) is 22.6 Å². The van der Waals surface area contributed by atoms with E-state index < -0.39 is 5.63 Å². The van der Waals surface area contributed by atoms with Crippen LogP contribution in [0.1, 0.15) is 23.2 Å². The molecule has 0 aliphatic rings. The number of pyridine rings is 1. The molecule has 0 spiro atoms. The highest BCUT2D eigenvalue weighted by Gasteiger charge is 2.14. The van der Waals surface area contributed by atoms with Crippen LogP contribution in [0.15, 0.2) is 39.7 Å². The van der Waals surface area contributed by atoms with Crippen LogP contribution in [0.3, 0.4) is 0 Å². The molecule has 0 aliphatic carbocycles. The fourth-order valence-electron chi connectivity index (χ4n) is 3.63. The summed E-state index contributed by atoms with van der Waals surface area (Å²) in [6.07, 6.45) is 2.03. The van der Waals surface area contributed by atoms with Crippen molar-refractivity contribution in [2.45, 2.75) is 26.7 Å². The molecule has 154 valence electrons. The van der Waals surface area contributed by atoms with E-state index in [4.69, 9.17) is 9.15 Å². The number of hydrogen-bond acceptors (Lipinski definition) is 6. The summed E-state index contributed by atoms with van der Waals surface area (Å²) in [5, 5.41) is 8.89. The molecule has 1 amide bonds. The SMILES string of the molecule is COc1ccc2c(C)c(CCC(=O)Nc3cnc4c(c3)c(C)nn4C)c(=O)oc2c1. The molecule has 1 N–H and O–H groups in total. The molecule has 0 aliphatic heterocycles. The first-order chi connectivity index (χ1) is 14.4. The Bertz CT molecular complexity index is 1340. The van der Waals surface area contributed by atoms with E-state index in [0.717, 1.165) is 27.7 Å². The number of carbonyl (C=O) groups excluding carboxylic acids is 1. The number of hydrogen-bond donors (Lipinski definition) is 1. The third kappa shape index (κ3) is 3.52. The van der Waals surface area contributed by atoms with Gasteiger partial charge in [-0.15, -0.1) is 0 Å². The van der Waals surface area contributed by atoms with Crippen LogP contribution in [-0.2, 0) is 18.3 Å². The fraction of sp³-hybridized carbons (Fsp3) is 0.273. The maximum atomic E-state index is 12.5. The molecule has 0 fully saturated rings. The van der Waals surface area contributed by atoms with E-state index in [-0.39, 0.29) is 18.7 Å². The Labute approximate surface area is 172 Å². The Balaban J connectivity index is 1.52. The summed E-state index contributed by atoms with van der Waals surface area (Å²) in [4.78, 5) is 29.3. The molecule has 0 radical (unpaired) electrons. The Hall–Kier alpha value is -3.68. The highest BCUT2D eigenvalue weighted by Crippen LogP contribution is 2.25. The van der Waals surface area contributed by atoms with Gasteiger partial charge in [0.05, 0.1) is 24.7 Å². The summed E-state index contributed by atoms with van der Waals surface area (Å²) in [6.45, 7) is 3.76. The van der Waals surface area contributed by atoms with E-state index in [2.05, 4.69) is 15.4 Å². The number of carbonyl (C=O) groups is 1. The third-order valence-electron chi connectivity index (χ3n) is 5.24. The Morgan fingerprint density at radius 1 is 1.23 bits per heavy atom. The van der Waals surface area contributed by atoms with E-state index in [9.17, 15) is 9.59 Å². The summed E-state index contributed by atoms with van der Waals surface area (Å²) in [7, 11) is 3.39. The normalized spacial score (nSPS) is 11.2. The topological polar surface area (TPSA) is 99.2 Å². The lowest BCUT2D eigenvalue weighted by Gasteiger charge is -2.09. The standard InChI is InChI=1S/C22H22N4O4/c1-12-16-6-5-15(29-4)10-19(16)30-22(28)17(12)7-8-20(27)24-14-9-18-13(2)25-26(3)21(18)23-11-14/h5-6,9-11H,7-8H2,1-4H3,(H,24,27). The summed E-state index contributed by atoms with van der Waals surface area (Å²) < 4.78 is 12.3. The van der Waals surface area contributed by atoms with E-state index in [1.54, 1.807) is 24.1 Å². The van der Waals surface area contributed by atoms with Gasteiger partial charge in [0.25, 0.3) is 0 Å². The molecule has 8 nitrogen and oxygen atoms in total. The van der Waals surface area contributed by atoms with E-state index >= 15 is 0 Å². The Kier molecular flexibility index (Phi) is 4.99. The van der Waals surface area contributed by atoms with Gasteiger partial charge in [0.1, 0.15) is 11.3 Å². The average molecular weight is 406 g/mol. The fourth-order valence-corrected chi connectivity index (χ4v) is 3.63. The number of nitrogens with one attached hydrogen (secondary N) is 1. The molecular weight excluding hydrogens is 384 g/mol. The van der Waals surface area contributed by atoms with Gasteiger partial charge in [-0.25, -0.2) is 9.78 Å². The minimum atomic E-state index is -0.435. The van der Waals surface area contributed by atoms with Gasteiger partial charge in [0, 0.05) is 35.9 Å². The van der Waals surface area contributed by atoms with Gasteiger partial charge in [-0.3, -0.25) is 9.48 Å². The largest absolute Gasteiger partial charge is 0.497 e. The van der Waals surface area contributed by atoms with E-state index in [1.165, 1.54) is 0 Å². The molecule has 0 unspecified atom stereocenters. The van der Waals surface area contributed by atoms with Gasteiger partial charge in [0.15, 0.2) is 5.65 Å². The zero-order valence-corrected chi connectivity index (χ0v) is 17.3.